The van der Waals surface area contributed by atoms with Gasteiger partial charge < -0.3 is 14.6 Å². The summed E-state index contributed by atoms with van der Waals surface area (Å²) in [6.45, 7) is 2.09. The number of allylic oxidation sites excluding steroid dienone is 3. The van der Waals surface area contributed by atoms with E-state index in [1.807, 2.05) is 6.08 Å². The molecule has 0 spiro atoms. The van der Waals surface area contributed by atoms with Crippen molar-refractivity contribution in [3.05, 3.63) is 36.0 Å². The smallest absolute Gasteiger partial charge is 0.153 e. The molecule has 80 valence electrons. The average Bonchev–Trinajstić information content (AvgIpc) is 2.22. The molecule has 0 saturated heterocycles. The number of aliphatic hydroxyl groups is 1. The van der Waals surface area contributed by atoms with Crippen LogP contribution < -0.4 is 0 Å². The van der Waals surface area contributed by atoms with Crippen LogP contribution in [0, 0.1) is 0 Å². The number of hydrogen-bond acceptors (Lipinski definition) is 3. The molecule has 0 aliphatic heterocycles. The highest BCUT2D eigenvalue weighted by Crippen LogP contribution is 2.10. The minimum absolute atomic E-state index is 0.439. The van der Waals surface area contributed by atoms with Crippen LogP contribution in [0.5, 0.6) is 0 Å². The van der Waals surface area contributed by atoms with E-state index in [4.69, 9.17) is 14.6 Å². The highest BCUT2D eigenvalue weighted by molar-refractivity contribution is 5.25. The predicted molar refractivity (Wildman–Crippen MR) is 56.9 cm³/mol. The molecule has 14 heavy (non-hydrogen) atoms. The largest absolute Gasteiger partial charge is 0.512 e. The Bertz CT molecular complexity index is 227. The van der Waals surface area contributed by atoms with Crippen molar-refractivity contribution in [3.63, 3.8) is 0 Å². The van der Waals surface area contributed by atoms with E-state index in [1.54, 1.807) is 19.4 Å². The first-order chi connectivity index (χ1) is 6.78. The van der Waals surface area contributed by atoms with Gasteiger partial charge in [-0.1, -0.05) is 13.3 Å². The molecule has 0 aromatic heterocycles. The van der Waals surface area contributed by atoms with Crippen molar-refractivity contribution in [1.82, 2.24) is 0 Å². The number of rotatable bonds is 6. The maximum Gasteiger partial charge on any atom is 0.153 e. The van der Waals surface area contributed by atoms with Crippen LogP contribution >= 0.6 is 0 Å². The minimum atomic E-state index is 0.439. The number of hydrogen-bond donors (Lipinski definition) is 1. The summed E-state index contributed by atoms with van der Waals surface area (Å²) < 4.78 is 9.74. The lowest BCUT2D eigenvalue weighted by molar-refractivity contribution is 0.285. The zero-order chi connectivity index (χ0) is 10.8. The first kappa shape index (κ1) is 12.6. The summed E-state index contributed by atoms with van der Waals surface area (Å²) in [5.74, 6) is 0.439. The first-order valence-corrected chi connectivity index (χ1v) is 4.56. The monoisotopic (exact) mass is 198 g/mol. The van der Waals surface area contributed by atoms with E-state index in [-0.39, 0.29) is 0 Å². The van der Waals surface area contributed by atoms with Gasteiger partial charge in [-0.15, -0.1) is 0 Å². The lowest BCUT2D eigenvalue weighted by atomic mass is 10.1. The standard InChI is InChI=1S/C11H18O3/c1-4-5-10(6-7-13-2)8-11(9-12)14-3/h6-9,12H,4-5H2,1-3H3/b7-6+,10-8-,11-9-. The van der Waals surface area contributed by atoms with E-state index in [9.17, 15) is 0 Å². The van der Waals surface area contributed by atoms with Crippen LogP contribution in [0.1, 0.15) is 19.8 Å². The Morgan fingerprint density at radius 1 is 1.36 bits per heavy atom. The minimum Gasteiger partial charge on any atom is -0.512 e. The molecule has 0 aromatic rings. The van der Waals surface area contributed by atoms with Crippen molar-refractivity contribution >= 4 is 0 Å². The second-order valence-corrected chi connectivity index (χ2v) is 2.74. The van der Waals surface area contributed by atoms with Gasteiger partial charge >= 0.3 is 0 Å². The van der Waals surface area contributed by atoms with Gasteiger partial charge in [0.25, 0.3) is 0 Å². The predicted octanol–water partition coefficient (Wildman–Crippen LogP) is 2.92. The molecule has 0 saturated carbocycles. The molecule has 0 heterocycles. The summed E-state index contributed by atoms with van der Waals surface area (Å²) in [5, 5.41) is 8.78. The summed E-state index contributed by atoms with van der Waals surface area (Å²) >= 11 is 0. The molecule has 0 atom stereocenters. The molecule has 0 amide bonds. The summed E-state index contributed by atoms with van der Waals surface area (Å²) in [6.07, 6.45) is 8.12. The van der Waals surface area contributed by atoms with Crippen LogP contribution in [-0.2, 0) is 9.47 Å². The third-order valence-electron chi connectivity index (χ3n) is 1.65. The zero-order valence-electron chi connectivity index (χ0n) is 8.99. The van der Waals surface area contributed by atoms with Crippen molar-refractivity contribution in [3.8, 4) is 0 Å². The van der Waals surface area contributed by atoms with E-state index in [0.717, 1.165) is 24.7 Å². The quantitative estimate of drug-likeness (QED) is 0.527. The van der Waals surface area contributed by atoms with Crippen molar-refractivity contribution < 1.29 is 14.6 Å². The number of ether oxygens (including phenoxy) is 2. The average molecular weight is 198 g/mol. The van der Waals surface area contributed by atoms with Crippen molar-refractivity contribution in [2.24, 2.45) is 0 Å². The van der Waals surface area contributed by atoms with Gasteiger partial charge in [-0.2, -0.15) is 0 Å². The van der Waals surface area contributed by atoms with E-state index < -0.39 is 0 Å². The summed E-state index contributed by atoms with van der Waals surface area (Å²) in [5.41, 5.74) is 1.05. The molecule has 0 aromatic carbocycles. The summed E-state index contributed by atoms with van der Waals surface area (Å²) in [6, 6.07) is 0. The maximum absolute atomic E-state index is 8.78. The molecular formula is C11H18O3. The molecule has 0 bridgehead atoms. The Hall–Kier alpha value is -1.38. The molecule has 0 aliphatic carbocycles. The normalized spacial score (nSPS) is 13.4. The Labute approximate surface area is 85.3 Å². The van der Waals surface area contributed by atoms with Crippen LogP contribution in [0.4, 0.5) is 0 Å². The van der Waals surface area contributed by atoms with Crippen LogP contribution in [0.25, 0.3) is 0 Å². The van der Waals surface area contributed by atoms with E-state index in [1.165, 1.54) is 7.11 Å². The van der Waals surface area contributed by atoms with Gasteiger partial charge in [-0.3, -0.25) is 0 Å². The molecule has 3 nitrogen and oxygen atoms in total. The fourth-order valence-electron chi connectivity index (χ4n) is 0.979. The highest BCUT2D eigenvalue weighted by Gasteiger charge is 1.95. The van der Waals surface area contributed by atoms with Crippen LogP contribution in [0.2, 0.25) is 0 Å². The van der Waals surface area contributed by atoms with Gasteiger partial charge in [0.15, 0.2) is 5.76 Å². The van der Waals surface area contributed by atoms with Crippen LogP contribution in [-0.4, -0.2) is 19.3 Å². The zero-order valence-corrected chi connectivity index (χ0v) is 8.99. The Morgan fingerprint density at radius 3 is 2.50 bits per heavy atom. The van der Waals surface area contributed by atoms with E-state index >= 15 is 0 Å². The molecule has 0 fully saturated rings. The van der Waals surface area contributed by atoms with Gasteiger partial charge in [0.05, 0.1) is 20.5 Å². The molecular weight excluding hydrogens is 180 g/mol. The van der Waals surface area contributed by atoms with Gasteiger partial charge in [-0.05, 0) is 24.1 Å². The van der Waals surface area contributed by atoms with E-state index in [2.05, 4.69) is 6.92 Å². The van der Waals surface area contributed by atoms with Gasteiger partial charge in [-0.25, -0.2) is 0 Å². The Kier molecular flexibility index (Phi) is 7.42. The maximum atomic E-state index is 8.78. The first-order valence-electron chi connectivity index (χ1n) is 4.56. The van der Waals surface area contributed by atoms with Gasteiger partial charge in [0, 0.05) is 0 Å². The molecule has 0 radical (unpaired) electrons. The summed E-state index contributed by atoms with van der Waals surface area (Å²) in [4.78, 5) is 0. The van der Waals surface area contributed by atoms with Crippen molar-refractivity contribution in [1.29, 1.82) is 0 Å². The topological polar surface area (TPSA) is 38.7 Å². The third kappa shape index (κ3) is 5.30. The summed E-state index contributed by atoms with van der Waals surface area (Å²) in [7, 11) is 3.11. The van der Waals surface area contributed by atoms with Crippen molar-refractivity contribution in [2.45, 2.75) is 19.8 Å². The molecule has 0 unspecified atom stereocenters. The lowest BCUT2D eigenvalue weighted by Gasteiger charge is -2.02. The van der Waals surface area contributed by atoms with E-state index in [0.29, 0.717) is 5.76 Å². The lowest BCUT2D eigenvalue weighted by Crippen LogP contribution is -1.86. The fourth-order valence-corrected chi connectivity index (χ4v) is 0.979. The second kappa shape index (κ2) is 8.23. The van der Waals surface area contributed by atoms with Crippen LogP contribution in [0.3, 0.4) is 0 Å². The second-order valence-electron chi connectivity index (χ2n) is 2.74. The van der Waals surface area contributed by atoms with Gasteiger partial charge in [0.2, 0.25) is 0 Å². The molecule has 3 heteroatoms. The molecule has 0 rings (SSSR count). The highest BCUT2D eigenvalue weighted by atomic mass is 16.5. The Balaban J connectivity index is 4.53. The van der Waals surface area contributed by atoms with Gasteiger partial charge in [0.1, 0.15) is 6.26 Å². The SMILES string of the molecule is CCCC(=C/C(=C/O)OC)/C=C/OC. The fraction of sp³-hybridized carbons (Fsp3) is 0.455. The Morgan fingerprint density at radius 2 is 2.07 bits per heavy atom. The van der Waals surface area contributed by atoms with Crippen LogP contribution in [0.15, 0.2) is 36.0 Å². The molecule has 0 aliphatic rings. The third-order valence-corrected chi connectivity index (χ3v) is 1.65. The molecule has 1 N–H and O–H groups in total. The number of aliphatic hydroxyl groups excluding tert-OH is 1. The van der Waals surface area contributed by atoms with Crippen molar-refractivity contribution in [2.75, 3.05) is 14.2 Å². The number of methoxy groups -OCH3 is 2.